The van der Waals surface area contributed by atoms with E-state index in [4.69, 9.17) is 4.74 Å². The van der Waals surface area contributed by atoms with Gasteiger partial charge in [0.25, 0.3) is 5.91 Å². The molecule has 0 unspecified atom stereocenters. The molecule has 1 heterocycles. The van der Waals surface area contributed by atoms with Crippen LogP contribution >= 0.6 is 0 Å². The molecule has 6 nitrogen and oxygen atoms in total. The summed E-state index contributed by atoms with van der Waals surface area (Å²) in [6.07, 6.45) is 1.52. The van der Waals surface area contributed by atoms with E-state index in [-0.39, 0.29) is 5.69 Å². The zero-order chi connectivity index (χ0) is 17.8. The van der Waals surface area contributed by atoms with Gasteiger partial charge in [-0.05, 0) is 42.8 Å². The highest BCUT2D eigenvalue weighted by atomic mass is 16.5. The van der Waals surface area contributed by atoms with Crippen LogP contribution in [0.3, 0.4) is 0 Å². The number of nitrogens with zero attached hydrogens (tertiary/aromatic N) is 2. The molecule has 0 saturated heterocycles. The van der Waals surface area contributed by atoms with Crippen molar-refractivity contribution in [3.63, 3.8) is 0 Å². The number of carbonyl (C=O) groups is 1. The highest BCUT2D eigenvalue weighted by molar-refractivity contribution is 6.03. The van der Waals surface area contributed by atoms with E-state index in [1.807, 2.05) is 25.1 Å². The first-order chi connectivity index (χ1) is 12.1. The van der Waals surface area contributed by atoms with Gasteiger partial charge in [-0.3, -0.25) is 9.59 Å². The van der Waals surface area contributed by atoms with Crippen molar-refractivity contribution in [2.45, 2.75) is 6.92 Å². The molecular weight excluding hydrogens is 318 g/mol. The Morgan fingerprint density at radius 2 is 1.80 bits per heavy atom. The molecule has 0 aliphatic rings. The zero-order valence-corrected chi connectivity index (χ0v) is 13.9. The summed E-state index contributed by atoms with van der Waals surface area (Å²) in [7, 11) is 1.58. The van der Waals surface area contributed by atoms with Crippen molar-refractivity contribution in [1.82, 2.24) is 9.78 Å². The number of para-hydroxylation sites is 1. The number of amides is 1. The molecule has 3 rings (SSSR count). The molecule has 6 heteroatoms. The van der Waals surface area contributed by atoms with E-state index in [9.17, 15) is 9.59 Å². The van der Waals surface area contributed by atoms with Crippen LogP contribution in [0, 0.1) is 6.92 Å². The van der Waals surface area contributed by atoms with Crippen LogP contribution in [0.25, 0.3) is 5.69 Å². The molecule has 2 aromatic carbocycles. The van der Waals surface area contributed by atoms with E-state index in [2.05, 4.69) is 10.4 Å². The van der Waals surface area contributed by atoms with Crippen LogP contribution in [-0.2, 0) is 0 Å². The summed E-state index contributed by atoms with van der Waals surface area (Å²) >= 11 is 0. The lowest BCUT2D eigenvalue weighted by atomic mass is 10.2. The Morgan fingerprint density at radius 1 is 1.08 bits per heavy atom. The van der Waals surface area contributed by atoms with Gasteiger partial charge in [0.1, 0.15) is 5.75 Å². The normalized spacial score (nSPS) is 10.3. The van der Waals surface area contributed by atoms with Gasteiger partial charge in [0.15, 0.2) is 5.69 Å². The minimum atomic E-state index is -0.540. The fourth-order valence-corrected chi connectivity index (χ4v) is 2.34. The second-order valence-electron chi connectivity index (χ2n) is 5.44. The Kier molecular flexibility index (Phi) is 4.61. The van der Waals surface area contributed by atoms with Gasteiger partial charge >= 0.3 is 0 Å². The summed E-state index contributed by atoms with van der Waals surface area (Å²) in [4.78, 5) is 24.5. The highest BCUT2D eigenvalue weighted by Gasteiger charge is 2.14. The third-order valence-corrected chi connectivity index (χ3v) is 3.75. The van der Waals surface area contributed by atoms with Crippen molar-refractivity contribution in [2.24, 2.45) is 0 Å². The number of methoxy groups -OCH3 is 1. The van der Waals surface area contributed by atoms with Gasteiger partial charge in [-0.25, -0.2) is 4.68 Å². The molecule has 0 fully saturated rings. The predicted molar refractivity (Wildman–Crippen MR) is 95.5 cm³/mol. The zero-order valence-electron chi connectivity index (χ0n) is 13.9. The van der Waals surface area contributed by atoms with Gasteiger partial charge in [0.05, 0.1) is 12.8 Å². The first-order valence-electron chi connectivity index (χ1n) is 7.70. The number of hydrogen-bond donors (Lipinski definition) is 1. The van der Waals surface area contributed by atoms with Crippen LogP contribution in [0.15, 0.2) is 65.6 Å². The van der Waals surface area contributed by atoms with E-state index in [1.165, 1.54) is 16.9 Å². The third kappa shape index (κ3) is 3.58. The van der Waals surface area contributed by atoms with Crippen molar-refractivity contribution in [3.8, 4) is 11.4 Å². The number of carbonyl (C=O) groups excluding carboxylic acids is 1. The average molecular weight is 335 g/mol. The molecule has 0 radical (unpaired) electrons. The fourth-order valence-electron chi connectivity index (χ4n) is 2.34. The van der Waals surface area contributed by atoms with E-state index in [0.717, 1.165) is 5.56 Å². The average Bonchev–Trinajstić information content (AvgIpc) is 2.64. The summed E-state index contributed by atoms with van der Waals surface area (Å²) in [6.45, 7) is 1.88. The standard InChI is InChI=1S/C19H17N3O3/c1-13-5-3-4-6-16(13)20-19(24)18-17(23)11-12-22(21-18)14-7-9-15(25-2)10-8-14/h3-12H,1-2H3,(H,20,24). The van der Waals surface area contributed by atoms with Crippen LogP contribution < -0.4 is 15.5 Å². The molecule has 3 aromatic rings. The van der Waals surface area contributed by atoms with Crippen LogP contribution in [0.5, 0.6) is 5.75 Å². The van der Waals surface area contributed by atoms with Gasteiger partial charge in [-0.2, -0.15) is 5.10 Å². The predicted octanol–water partition coefficient (Wildman–Crippen LogP) is 2.80. The summed E-state index contributed by atoms with van der Waals surface area (Å²) in [5.74, 6) is 0.171. The molecule has 126 valence electrons. The van der Waals surface area contributed by atoms with Gasteiger partial charge in [0.2, 0.25) is 5.43 Å². The number of aromatic nitrogens is 2. The SMILES string of the molecule is COc1ccc(-n2ccc(=O)c(C(=O)Nc3ccccc3C)n2)cc1. The molecule has 0 spiro atoms. The molecular formula is C19H17N3O3. The van der Waals surface area contributed by atoms with E-state index in [0.29, 0.717) is 17.1 Å². The van der Waals surface area contributed by atoms with Crippen LogP contribution in [-0.4, -0.2) is 22.8 Å². The Morgan fingerprint density at radius 3 is 2.48 bits per heavy atom. The van der Waals surface area contributed by atoms with Gasteiger partial charge in [-0.1, -0.05) is 18.2 Å². The molecule has 0 bridgehead atoms. The number of rotatable bonds is 4. The molecule has 1 amide bonds. The Balaban J connectivity index is 1.92. The first kappa shape index (κ1) is 16.4. The molecule has 25 heavy (non-hydrogen) atoms. The Labute approximate surface area is 144 Å². The molecule has 0 saturated carbocycles. The number of aryl methyl sites for hydroxylation is 1. The van der Waals surface area contributed by atoms with E-state index >= 15 is 0 Å². The second-order valence-corrected chi connectivity index (χ2v) is 5.44. The van der Waals surface area contributed by atoms with Gasteiger partial charge in [0, 0.05) is 18.0 Å². The van der Waals surface area contributed by atoms with Crippen LogP contribution in [0.4, 0.5) is 5.69 Å². The smallest absolute Gasteiger partial charge is 0.280 e. The lowest BCUT2D eigenvalue weighted by Gasteiger charge is -2.10. The van der Waals surface area contributed by atoms with E-state index < -0.39 is 11.3 Å². The Bertz CT molecular complexity index is 962. The van der Waals surface area contributed by atoms with E-state index in [1.54, 1.807) is 37.4 Å². The van der Waals surface area contributed by atoms with Crippen molar-refractivity contribution >= 4 is 11.6 Å². The second kappa shape index (κ2) is 7.00. The maximum absolute atomic E-state index is 12.5. The first-order valence-corrected chi connectivity index (χ1v) is 7.70. The quantitative estimate of drug-likeness (QED) is 0.796. The molecule has 1 N–H and O–H groups in total. The summed E-state index contributed by atoms with van der Waals surface area (Å²) in [5.41, 5.74) is 1.67. The number of ether oxygens (including phenoxy) is 1. The van der Waals surface area contributed by atoms with Crippen molar-refractivity contribution < 1.29 is 9.53 Å². The molecule has 0 aliphatic heterocycles. The maximum atomic E-state index is 12.5. The molecule has 0 atom stereocenters. The third-order valence-electron chi connectivity index (χ3n) is 3.75. The van der Waals surface area contributed by atoms with Crippen LogP contribution in [0.1, 0.15) is 16.1 Å². The summed E-state index contributed by atoms with van der Waals surface area (Å²) in [5, 5.41) is 6.90. The lowest BCUT2D eigenvalue weighted by Crippen LogP contribution is -2.25. The number of hydrogen-bond acceptors (Lipinski definition) is 4. The highest BCUT2D eigenvalue weighted by Crippen LogP contribution is 2.15. The summed E-state index contributed by atoms with van der Waals surface area (Å²) < 4.78 is 6.60. The Hall–Kier alpha value is -3.41. The molecule has 1 aromatic heterocycles. The van der Waals surface area contributed by atoms with Gasteiger partial charge < -0.3 is 10.1 Å². The minimum absolute atomic E-state index is 0.165. The molecule has 0 aliphatic carbocycles. The monoisotopic (exact) mass is 335 g/mol. The van der Waals surface area contributed by atoms with Crippen molar-refractivity contribution in [2.75, 3.05) is 12.4 Å². The maximum Gasteiger partial charge on any atom is 0.280 e. The minimum Gasteiger partial charge on any atom is -0.497 e. The topological polar surface area (TPSA) is 73.2 Å². The van der Waals surface area contributed by atoms with Crippen LogP contribution in [0.2, 0.25) is 0 Å². The largest absolute Gasteiger partial charge is 0.497 e. The number of benzene rings is 2. The van der Waals surface area contributed by atoms with Crippen molar-refractivity contribution in [3.05, 3.63) is 82.3 Å². The number of nitrogens with one attached hydrogen (secondary N) is 1. The summed E-state index contributed by atoms with van der Waals surface area (Å²) in [6, 6.07) is 15.8. The number of anilines is 1. The lowest BCUT2D eigenvalue weighted by molar-refractivity contribution is 0.101. The fraction of sp³-hybridized carbons (Fsp3) is 0.105. The van der Waals surface area contributed by atoms with Gasteiger partial charge in [-0.15, -0.1) is 0 Å². The van der Waals surface area contributed by atoms with Crippen molar-refractivity contribution in [1.29, 1.82) is 0 Å².